The molecule has 25 aromatic rings. The molecule has 0 saturated carbocycles. The Morgan fingerprint density at radius 3 is 0.750 bits per heavy atom. The normalized spacial score (nSPS) is 15.5. The van der Waals surface area contributed by atoms with Gasteiger partial charge in [-0.2, -0.15) is 0 Å². The van der Waals surface area contributed by atoms with Gasteiger partial charge in [0.15, 0.2) is 0 Å². The zero-order valence-corrected chi connectivity index (χ0v) is 76.1. The molecule has 30 rings (SSSR count). The van der Waals surface area contributed by atoms with E-state index in [-0.39, 0.29) is 16.2 Å². The first-order chi connectivity index (χ1) is 66.6. The van der Waals surface area contributed by atoms with E-state index in [4.69, 9.17) is 5.73 Å². The minimum Gasteiger partial charge on any atom is -0.314 e. The Morgan fingerprint density at radius 2 is 0.404 bits per heavy atom. The van der Waals surface area contributed by atoms with Crippen LogP contribution in [0.3, 0.4) is 0 Å². The molecule has 6 heteroatoms. The zero-order chi connectivity index (χ0) is 90.0. The van der Waals surface area contributed by atoms with Crippen molar-refractivity contribution in [3.8, 4) is 106 Å². The smallest absolute Gasteiger partial charge is 0.0942 e. The largest absolute Gasteiger partial charge is 0.314 e. The Labute approximate surface area is 786 Å². The number of aromatic nitrogens is 5. The summed E-state index contributed by atoms with van der Waals surface area (Å²) in [4.78, 5) is 0. The molecule has 6 nitrogen and oxygen atoms in total. The molecule has 2 N–H and O–H groups in total. The summed E-state index contributed by atoms with van der Waals surface area (Å²) in [6.07, 6.45) is 0. The summed E-state index contributed by atoms with van der Waals surface area (Å²) in [6, 6.07) is 156. The zero-order valence-electron chi connectivity index (χ0n) is 76.1. The maximum absolute atomic E-state index is 7.82. The fourth-order valence-corrected chi connectivity index (χ4v) is 25.9. The number of nitrogens with zero attached hydrogens (tertiary/aromatic N) is 5. The van der Waals surface area contributed by atoms with Gasteiger partial charge in [-0.3, -0.25) is 0 Å². The Hall–Kier alpha value is -16.6. The second kappa shape index (κ2) is 26.9. The van der Waals surface area contributed by atoms with Crippen LogP contribution < -0.4 is 5.73 Å². The number of rotatable bonds is 10. The monoisotopic (exact) mass is 1730 g/mol. The molecular formula is C130H88N6. The van der Waals surface area contributed by atoms with Crippen LogP contribution in [-0.4, -0.2) is 22.8 Å². The first kappa shape index (κ1) is 76.0. The number of hydrogen-bond donors (Lipinski definition) is 1. The van der Waals surface area contributed by atoms with Crippen LogP contribution in [0.15, 0.2) is 413 Å². The Kier molecular flexibility index (Phi) is 15.0. The van der Waals surface area contributed by atoms with Gasteiger partial charge in [0.25, 0.3) is 0 Å². The maximum atomic E-state index is 7.82. The van der Waals surface area contributed by atoms with Crippen molar-refractivity contribution in [2.45, 2.75) is 63.3 Å². The standard InChI is InChI=1S/C130H88N6/c1-127(2)108-31-14-7-22-89(108)92-55-52-85(72-111(92)127)134-115-35-18-11-26-96(115)103-67-77(41-61-119(103)134)76-40-60-118-102(66-76)95-25-10-17-34-114(95)132(118)84-50-46-82(47-51-84)130(131)125-100-30-21-29-99-88(58-59-101(124(99)100)126(125)130)75-38-48-83(49-39-75)133-122-64-44-80(78-42-62-120-104(68-78)97-27-12-19-36-116(97)135(120)86-53-56-93-90-23-8-15-32-109(90)128(3,4)112(93)73-86)70-106(122)107-71-81(45-65-123(107)133)79-43-63-121-105(69-79)98-28-13-20-37-117(98)136(121)87-54-57-94-91-24-9-16-33-110(91)129(5,6)113(94)74-87/h7-74H,131H2,1-6H3. The van der Waals surface area contributed by atoms with E-state index in [1.807, 2.05) is 0 Å². The van der Waals surface area contributed by atoms with E-state index in [1.54, 1.807) is 0 Å². The van der Waals surface area contributed by atoms with E-state index in [0.717, 1.165) is 39.1 Å². The molecule has 1 atom stereocenters. The average molecular weight is 1730 g/mol. The molecule has 0 aliphatic heterocycles. The third-order valence-electron chi connectivity index (χ3n) is 32.5. The van der Waals surface area contributed by atoms with Crippen LogP contribution >= 0.6 is 0 Å². The molecule has 0 fully saturated rings. The first-order valence-electron chi connectivity index (χ1n) is 47.9. The highest BCUT2D eigenvalue weighted by molar-refractivity contribution is 6.32. The first-order valence-corrected chi connectivity index (χ1v) is 47.9. The van der Waals surface area contributed by atoms with Crippen molar-refractivity contribution in [3.63, 3.8) is 0 Å². The van der Waals surface area contributed by atoms with E-state index in [1.165, 1.54) is 248 Å². The third-order valence-corrected chi connectivity index (χ3v) is 32.5. The Bertz CT molecular complexity index is 9480. The third kappa shape index (κ3) is 10.1. The molecule has 5 aliphatic rings. The second-order valence-corrected chi connectivity index (χ2v) is 40.4. The van der Waals surface area contributed by atoms with Crippen molar-refractivity contribution >= 4 is 131 Å². The average Bonchev–Trinajstić information content (AvgIpc) is 1.48. The highest BCUT2D eigenvalue weighted by atomic mass is 15.0. The Balaban J connectivity index is 0.484. The lowest BCUT2D eigenvalue weighted by molar-refractivity contribution is 0.660. The minimum atomic E-state index is -0.712. The van der Waals surface area contributed by atoms with Gasteiger partial charge >= 0.3 is 0 Å². The van der Waals surface area contributed by atoms with Gasteiger partial charge in [-0.25, -0.2) is 0 Å². The molecular weight excluding hydrogens is 1650 g/mol. The number of nitrogens with two attached hydrogens (primary N) is 1. The molecule has 0 bridgehead atoms. The molecule has 1 unspecified atom stereocenters. The lowest BCUT2D eigenvalue weighted by Gasteiger charge is -2.22. The molecule has 0 radical (unpaired) electrons. The van der Waals surface area contributed by atoms with Crippen LogP contribution in [0.1, 0.15) is 91.6 Å². The van der Waals surface area contributed by atoms with Gasteiger partial charge in [0, 0.05) is 98.5 Å². The van der Waals surface area contributed by atoms with Crippen molar-refractivity contribution in [1.29, 1.82) is 0 Å². The van der Waals surface area contributed by atoms with Gasteiger partial charge in [-0.05, 0) is 308 Å². The summed E-state index contributed by atoms with van der Waals surface area (Å²) in [7, 11) is 0. The van der Waals surface area contributed by atoms with Crippen LogP contribution in [0, 0.1) is 0 Å². The summed E-state index contributed by atoms with van der Waals surface area (Å²) < 4.78 is 12.3. The van der Waals surface area contributed by atoms with Gasteiger partial charge in [0.05, 0.1) is 60.7 Å². The predicted octanol–water partition coefficient (Wildman–Crippen LogP) is 33.0. The number of fused-ring (bicyclic) bond motifs is 26. The molecule has 0 spiro atoms. The van der Waals surface area contributed by atoms with E-state index >= 15 is 0 Å². The molecule has 5 aliphatic carbocycles. The quantitative estimate of drug-likeness (QED) is 0.146. The van der Waals surface area contributed by atoms with Gasteiger partial charge < -0.3 is 28.6 Å². The number of para-hydroxylation sites is 4. The maximum Gasteiger partial charge on any atom is 0.0942 e. The SMILES string of the molecule is CC1(C)c2ccccc2-c2ccc(-n3c4ccccc4c4cc(-c5ccc6c(c5)c5ccccc5n6-c5ccc(C6(N)C7=C6c6ccc(-c8ccc(-n9c%10ccc(-c%11ccc%12c(c%11)c%11ccccc%11n%12-c%11ccc%12c(c%11)C(C)(C)c%11ccccc%11-%12)cc%10c%10cc(-c%11ccc%12c(c%11)c%11ccccc%11n%12-c%11ccc%12c(c%11)C(C)(C)c%11ccccc%11-%12)ccc%109)cc8)c8cccc7c68)cc5)ccc43)cc21. The second-order valence-electron chi connectivity index (χ2n) is 40.4. The topological polar surface area (TPSA) is 50.7 Å². The van der Waals surface area contributed by atoms with Gasteiger partial charge in [0.1, 0.15) is 0 Å². The predicted molar refractivity (Wildman–Crippen MR) is 569 cm³/mol. The highest BCUT2D eigenvalue weighted by Gasteiger charge is 2.57. The summed E-state index contributed by atoms with van der Waals surface area (Å²) >= 11 is 0. The van der Waals surface area contributed by atoms with Crippen molar-refractivity contribution < 1.29 is 0 Å². The van der Waals surface area contributed by atoms with Crippen LogP contribution in [0.4, 0.5) is 0 Å². The molecule has 0 saturated heterocycles. The van der Waals surface area contributed by atoms with Crippen molar-refractivity contribution in [1.82, 2.24) is 22.8 Å². The molecule has 20 aromatic carbocycles. The molecule has 5 aromatic heterocycles. The van der Waals surface area contributed by atoms with Gasteiger partial charge in [-0.1, -0.05) is 296 Å². The molecule has 0 amide bonds. The van der Waals surface area contributed by atoms with E-state index in [2.05, 4.69) is 477 Å². The van der Waals surface area contributed by atoms with E-state index in [0.29, 0.717) is 0 Å². The molecule has 638 valence electrons. The summed E-state index contributed by atoms with van der Waals surface area (Å²) in [5, 5.41) is 14.8. The van der Waals surface area contributed by atoms with Crippen LogP contribution in [0.2, 0.25) is 0 Å². The van der Waals surface area contributed by atoms with E-state index < -0.39 is 5.54 Å². The fraction of sp³-hybridized carbons (Fsp3) is 0.0769. The highest BCUT2D eigenvalue weighted by Crippen LogP contribution is 2.68. The lowest BCUT2D eigenvalue weighted by atomic mass is 9.82. The summed E-state index contributed by atoms with van der Waals surface area (Å²) in [6.45, 7) is 14.2. The van der Waals surface area contributed by atoms with Gasteiger partial charge in [0.2, 0.25) is 0 Å². The Morgan fingerprint density at radius 1 is 0.169 bits per heavy atom. The van der Waals surface area contributed by atoms with Crippen LogP contribution in [0.25, 0.3) is 237 Å². The van der Waals surface area contributed by atoms with Gasteiger partial charge in [-0.15, -0.1) is 0 Å². The van der Waals surface area contributed by atoms with Crippen LogP contribution in [0.5, 0.6) is 0 Å². The molecule has 136 heavy (non-hydrogen) atoms. The molecule has 5 heterocycles. The van der Waals surface area contributed by atoms with Crippen molar-refractivity contribution in [2.75, 3.05) is 0 Å². The number of benzene rings is 20. The fourth-order valence-electron chi connectivity index (χ4n) is 25.9. The minimum absolute atomic E-state index is 0.0999. The number of hydrogen-bond acceptors (Lipinski definition) is 1. The van der Waals surface area contributed by atoms with Crippen LogP contribution in [-0.2, 0) is 21.8 Å². The van der Waals surface area contributed by atoms with E-state index in [9.17, 15) is 0 Å². The lowest BCUT2D eigenvalue weighted by Crippen LogP contribution is -2.26. The summed E-state index contributed by atoms with van der Waals surface area (Å²) in [5.41, 5.74) is 56.0. The van der Waals surface area contributed by atoms with Crippen molar-refractivity contribution in [2.24, 2.45) is 5.73 Å². The summed E-state index contributed by atoms with van der Waals surface area (Å²) in [5.74, 6) is 0. The van der Waals surface area contributed by atoms with Crippen molar-refractivity contribution in [3.05, 3.63) is 463 Å².